The zero-order valence-electron chi connectivity index (χ0n) is 44.8. The normalized spacial score (nSPS) is 15.7. The minimum absolute atomic E-state index is 0.136. The summed E-state index contributed by atoms with van der Waals surface area (Å²) in [6.07, 6.45) is 4.03. The Labute approximate surface area is 452 Å². The van der Waals surface area contributed by atoms with Crippen LogP contribution in [0.15, 0.2) is 97.3 Å². The van der Waals surface area contributed by atoms with Crippen LogP contribution in [0.4, 0.5) is 9.59 Å². The molecule has 9 rings (SSSR count). The molecule has 0 radical (unpaired) electrons. The van der Waals surface area contributed by atoms with Crippen molar-refractivity contribution < 1.29 is 47.7 Å². The van der Waals surface area contributed by atoms with E-state index in [0.717, 1.165) is 51.2 Å². The lowest BCUT2D eigenvalue weighted by Gasteiger charge is -2.30. The van der Waals surface area contributed by atoms with Crippen LogP contribution in [0.2, 0.25) is 0 Å². The standard InChI is InChI=1S/C58H66N10O10/c1-8-21-67(55(71)50(34-16-11-9-12-17-34)63-53(69)48(32(2)3)65-57(73)75-6)29-45-59-27-40(61-45)36-23-38-30-78-44-26-37(24-39-31-77-43(25-36)46(38)47(39)44)41-28-60-52(62-41)42-20-15-22-68(42)56(72)51(35-18-13-10-14-19-35)64-54(70)49(33(4)5)66-58(74)76-7/h9-14,16-19,23-28,32-33,42,48-51H,8,15,20-22,29-31H2,1-7H3,(H,59,61)(H,60,62)(H,63,69)(H,64,70)(H,65,73)(H,66,74)/t42-,48-,49-,50+,51+/m0/s1. The number of carbonyl (C=O) groups excluding carboxylic acids is 6. The molecule has 0 spiro atoms. The lowest BCUT2D eigenvalue weighted by Crippen LogP contribution is -2.52. The smallest absolute Gasteiger partial charge is 0.407 e. The topological polar surface area (TPSA) is 251 Å². The number of carbonyl (C=O) groups is 6. The van der Waals surface area contributed by atoms with Crippen molar-refractivity contribution in [3.05, 3.63) is 131 Å². The summed E-state index contributed by atoms with van der Waals surface area (Å²) in [5, 5.41) is 11.0. The van der Waals surface area contributed by atoms with Gasteiger partial charge in [-0.2, -0.15) is 0 Å². The highest BCUT2D eigenvalue weighted by atomic mass is 16.5. The van der Waals surface area contributed by atoms with Gasteiger partial charge in [0.1, 0.15) is 60.5 Å². The van der Waals surface area contributed by atoms with E-state index in [1.807, 2.05) is 43.3 Å². The highest BCUT2D eigenvalue weighted by Gasteiger charge is 2.39. The van der Waals surface area contributed by atoms with Crippen molar-refractivity contribution in [2.75, 3.05) is 27.3 Å². The number of imidazole rings is 2. The first-order valence-corrected chi connectivity index (χ1v) is 26.3. The highest BCUT2D eigenvalue weighted by molar-refractivity contribution is 5.94. The van der Waals surface area contributed by atoms with E-state index in [4.69, 9.17) is 28.9 Å². The molecule has 20 heteroatoms. The van der Waals surface area contributed by atoms with Crippen molar-refractivity contribution in [3.63, 3.8) is 0 Å². The third kappa shape index (κ3) is 11.5. The summed E-state index contributed by atoms with van der Waals surface area (Å²) in [7, 11) is 2.46. The van der Waals surface area contributed by atoms with Crippen LogP contribution in [0, 0.1) is 11.8 Å². The van der Waals surface area contributed by atoms with E-state index in [1.165, 1.54) is 14.2 Å². The minimum atomic E-state index is -1.04. The zero-order chi connectivity index (χ0) is 55.2. The van der Waals surface area contributed by atoms with Gasteiger partial charge < -0.3 is 60.0 Å². The van der Waals surface area contributed by atoms with Crippen LogP contribution in [-0.2, 0) is 48.4 Å². The van der Waals surface area contributed by atoms with E-state index in [0.29, 0.717) is 60.2 Å². The number of amides is 6. The number of aromatic amines is 2. The van der Waals surface area contributed by atoms with Crippen molar-refractivity contribution >= 4 is 35.8 Å². The molecule has 0 saturated carbocycles. The van der Waals surface area contributed by atoms with E-state index in [1.54, 1.807) is 86.3 Å². The Bertz CT molecular complexity index is 3130. The number of methoxy groups -OCH3 is 2. The van der Waals surface area contributed by atoms with Gasteiger partial charge in [0.2, 0.25) is 23.6 Å². The van der Waals surface area contributed by atoms with Gasteiger partial charge in [0.15, 0.2) is 0 Å². The van der Waals surface area contributed by atoms with E-state index >= 15 is 0 Å². The first kappa shape index (κ1) is 54.1. The molecular weight excluding hydrogens is 997 g/mol. The molecule has 1 saturated heterocycles. The Hall–Kier alpha value is -8.68. The maximum absolute atomic E-state index is 14.6. The number of hydrogen-bond donors (Lipinski definition) is 6. The maximum Gasteiger partial charge on any atom is 0.407 e. The number of benzene rings is 4. The van der Waals surface area contributed by atoms with Gasteiger partial charge in [-0.1, -0.05) is 95.3 Å². The van der Waals surface area contributed by atoms with E-state index in [2.05, 4.69) is 43.4 Å². The Morgan fingerprint density at radius 2 is 1.21 bits per heavy atom. The molecule has 0 aliphatic carbocycles. The first-order chi connectivity index (χ1) is 37.6. The van der Waals surface area contributed by atoms with Crippen molar-refractivity contribution in [1.82, 2.24) is 51.0 Å². The fourth-order valence-corrected chi connectivity index (χ4v) is 10.4. The minimum Gasteiger partial charge on any atom is -0.488 e. The highest BCUT2D eigenvalue weighted by Crippen LogP contribution is 2.51. The quantitative estimate of drug-likeness (QED) is 0.0455. The van der Waals surface area contributed by atoms with Crippen molar-refractivity contribution in [2.45, 2.75) is 104 Å². The van der Waals surface area contributed by atoms with Gasteiger partial charge >= 0.3 is 12.2 Å². The summed E-state index contributed by atoms with van der Waals surface area (Å²) in [5.74, 6) is 0.340. The lowest BCUT2D eigenvalue weighted by atomic mass is 9.87. The summed E-state index contributed by atoms with van der Waals surface area (Å²) in [6, 6.07) is 21.8. The molecule has 1 fully saturated rings. The second-order valence-corrected chi connectivity index (χ2v) is 20.4. The Morgan fingerprint density at radius 3 is 1.73 bits per heavy atom. The van der Waals surface area contributed by atoms with Gasteiger partial charge in [0.05, 0.1) is 50.6 Å². The maximum atomic E-state index is 14.6. The number of aromatic nitrogens is 4. The molecule has 3 aliphatic heterocycles. The number of ether oxygens (including phenoxy) is 4. The van der Waals surface area contributed by atoms with Gasteiger partial charge in [-0.25, -0.2) is 19.6 Å². The average molecular weight is 1060 g/mol. The molecule has 6 amide bonds. The molecule has 3 aliphatic rings. The number of H-pyrrole nitrogens is 2. The average Bonchev–Trinajstić information content (AvgIpc) is 4.38. The molecular formula is C58H66N10O10. The van der Waals surface area contributed by atoms with Gasteiger partial charge in [0.25, 0.3) is 0 Å². The van der Waals surface area contributed by atoms with Gasteiger partial charge in [-0.05, 0) is 66.5 Å². The van der Waals surface area contributed by atoms with Crippen LogP contribution >= 0.6 is 0 Å². The fraction of sp³-hybridized carbons (Fsp3) is 0.379. The second-order valence-electron chi connectivity index (χ2n) is 20.4. The molecule has 78 heavy (non-hydrogen) atoms. The van der Waals surface area contributed by atoms with Crippen LogP contribution in [0.25, 0.3) is 33.6 Å². The number of nitrogens with zero attached hydrogens (tertiary/aromatic N) is 4. The molecule has 0 unspecified atom stereocenters. The van der Waals surface area contributed by atoms with Gasteiger partial charge in [0, 0.05) is 46.5 Å². The zero-order valence-corrected chi connectivity index (χ0v) is 44.8. The predicted octanol–water partition coefficient (Wildman–Crippen LogP) is 7.80. The fourth-order valence-electron chi connectivity index (χ4n) is 10.4. The van der Waals surface area contributed by atoms with Crippen LogP contribution < -0.4 is 30.7 Å². The summed E-state index contributed by atoms with van der Waals surface area (Å²) in [5.41, 5.74) is 8.10. The first-order valence-electron chi connectivity index (χ1n) is 26.3. The SMILES string of the molecule is CCCN(Cc1ncc(-c2cc3c4c(c2)OCc2cc(-c5cnc([C@@H]6CCCN6C(=O)[C@H](NC(=O)[C@@H](NC(=O)OC)C(C)C)c6ccccc6)[nH]5)cc(c2-4)OC3)[nH]1)C(=O)[C@H](NC(=O)[C@@H](NC(=O)OC)C(C)C)c1ccccc1. The number of alkyl carbamates (subject to hydrolysis) is 2. The van der Waals surface area contributed by atoms with Crippen molar-refractivity contribution in [1.29, 1.82) is 0 Å². The molecule has 6 N–H and O–H groups in total. The molecule has 5 heterocycles. The largest absolute Gasteiger partial charge is 0.488 e. The third-order valence-corrected chi connectivity index (χ3v) is 14.4. The molecule has 0 bridgehead atoms. The van der Waals surface area contributed by atoms with Crippen LogP contribution in [0.3, 0.4) is 0 Å². The van der Waals surface area contributed by atoms with E-state index in [-0.39, 0.29) is 49.5 Å². The van der Waals surface area contributed by atoms with Crippen LogP contribution in [0.5, 0.6) is 11.5 Å². The molecule has 2 aromatic heterocycles. The predicted molar refractivity (Wildman–Crippen MR) is 288 cm³/mol. The van der Waals surface area contributed by atoms with Gasteiger partial charge in [-0.15, -0.1) is 0 Å². The number of hydrogen-bond acceptors (Lipinski definition) is 12. The van der Waals surface area contributed by atoms with Crippen LogP contribution in [-0.4, -0.2) is 105 Å². The van der Waals surface area contributed by atoms with Crippen molar-refractivity contribution in [2.24, 2.45) is 11.8 Å². The van der Waals surface area contributed by atoms with Crippen LogP contribution in [0.1, 0.15) is 106 Å². The molecule has 20 nitrogen and oxygen atoms in total. The summed E-state index contributed by atoms with van der Waals surface area (Å²) < 4.78 is 22.5. The van der Waals surface area contributed by atoms with E-state index in [9.17, 15) is 28.8 Å². The third-order valence-electron chi connectivity index (χ3n) is 14.4. The lowest BCUT2D eigenvalue weighted by molar-refractivity contribution is -0.138. The van der Waals surface area contributed by atoms with Gasteiger partial charge in [-0.3, -0.25) is 19.2 Å². The number of likely N-dealkylation sites (tertiary alicyclic amines) is 1. The number of rotatable bonds is 19. The Kier molecular flexibility index (Phi) is 16.4. The van der Waals surface area contributed by atoms with Crippen molar-refractivity contribution in [3.8, 4) is 45.1 Å². The van der Waals surface area contributed by atoms with E-state index < -0.39 is 48.2 Å². The second kappa shape index (κ2) is 23.7. The molecule has 6 aromatic rings. The number of nitrogens with one attached hydrogen (secondary N) is 6. The monoisotopic (exact) mass is 1060 g/mol. The summed E-state index contributed by atoms with van der Waals surface area (Å²) >= 11 is 0. The Morgan fingerprint density at radius 1 is 0.692 bits per heavy atom. The molecule has 408 valence electrons. The molecule has 5 atom stereocenters. The summed E-state index contributed by atoms with van der Waals surface area (Å²) in [6.45, 7) is 10.7. The summed E-state index contributed by atoms with van der Waals surface area (Å²) in [4.78, 5) is 101. The Balaban J connectivity index is 0.915. The molecule has 4 aromatic carbocycles.